The Morgan fingerprint density at radius 1 is 1.00 bits per heavy atom. The molecule has 0 aromatic carbocycles. The van der Waals surface area contributed by atoms with Crippen LogP contribution in [0.25, 0.3) is 0 Å². The van der Waals surface area contributed by atoms with Gasteiger partial charge in [0.05, 0.1) is 0 Å². The minimum Gasteiger partial charge on any atom is -0.329 e. The molecule has 0 aromatic rings. The smallest absolute Gasteiger partial charge is 0.0334 e. The Balaban J connectivity index is 2.10. The summed E-state index contributed by atoms with van der Waals surface area (Å²) in [5, 5.41) is 0. The molecule has 0 spiro atoms. The van der Waals surface area contributed by atoms with Crippen LogP contribution in [0.5, 0.6) is 0 Å². The molecule has 0 heterocycles. The van der Waals surface area contributed by atoms with E-state index in [-0.39, 0.29) is 5.54 Å². The van der Waals surface area contributed by atoms with Gasteiger partial charge in [-0.2, -0.15) is 0 Å². The summed E-state index contributed by atoms with van der Waals surface area (Å²) in [4.78, 5) is 5.07. The lowest BCUT2D eigenvalue weighted by atomic mass is 9.69. The zero-order valence-electron chi connectivity index (χ0n) is 14.3. The van der Waals surface area contributed by atoms with Gasteiger partial charge in [0.25, 0.3) is 0 Å². The minimum atomic E-state index is 0.232. The lowest BCUT2D eigenvalue weighted by Gasteiger charge is -2.55. The molecule has 0 amide bonds. The molecule has 2 aliphatic rings. The van der Waals surface area contributed by atoms with Crippen molar-refractivity contribution in [2.75, 3.05) is 34.2 Å². The Hall–Kier alpha value is -0.120. The monoisotopic (exact) mass is 281 g/mol. The van der Waals surface area contributed by atoms with Gasteiger partial charge >= 0.3 is 0 Å². The summed E-state index contributed by atoms with van der Waals surface area (Å²) in [6.07, 6.45) is 7.98. The highest BCUT2D eigenvalue weighted by atomic mass is 15.3. The van der Waals surface area contributed by atoms with Crippen LogP contribution in [0.2, 0.25) is 0 Å². The van der Waals surface area contributed by atoms with Crippen LogP contribution in [0.1, 0.15) is 52.4 Å². The Bertz CT molecular complexity index is 312. The van der Waals surface area contributed by atoms with Gasteiger partial charge in [0.15, 0.2) is 0 Å². The van der Waals surface area contributed by atoms with E-state index in [1.54, 1.807) is 0 Å². The first-order valence-electron chi connectivity index (χ1n) is 8.42. The molecule has 0 radical (unpaired) electrons. The van der Waals surface area contributed by atoms with E-state index < -0.39 is 0 Å². The molecule has 20 heavy (non-hydrogen) atoms. The average Bonchev–Trinajstić information content (AvgIpc) is 2.31. The van der Waals surface area contributed by atoms with Crippen molar-refractivity contribution in [2.45, 2.75) is 63.5 Å². The first-order chi connectivity index (χ1) is 9.33. The zero-order chi connectivity index (χ0) is 15.0. The minimum absolute atomic E-state index is 0.232. The summed E-state index contributed by atoms with van der Waals surface area (Å²) in [7, 11) is 6.81. The van der Waals surface area contributed by atoms with E-state index >= 15 is 0 Å². The van der Waals surface area contributed by atoms with Crippen LogP contribution in [-0.2, 0) is 0 Å². The zero-order valence-corrected chi connectivity index (χ0v) is 14.3. The van der Waals surface area contributed by atoms with Crippen LogP contribution in [-0.4, -0.2) is 55.1 Å². The average molecular weight is 281 g/mol. The van der Waals surface area contributed by atoms with Gasteiger partial charge in [-0.05, 0) is 71.5 Å². The van der Waals surface area contributed by atoms with Gasteiger partial charge in [0.2, 0.25) is 0 Å². The van der Waals surface area contributed by atoms with Gasteiger partial charge in [-0.25, -0.2) is 0 Å². The van der Waals surface area contributed by atoms with Gasteiger partial charge in [0, 0.05) is 24.2 Å². The van der Waals surface area contributed by atoms with Gasteiger partial charge < -0.3 is 10.6 Å². The van der Waals surface area contributed by atoms with Crippen LogP contribution in [0.3, 0.4) is 0 Å². The molecular formula is C17H35N3. The summed E-state index contributed by atoms with van der Waals surface area (Å²) >= 11 is 0. The molecule has 0 aromatic heterocycles. The number of likely N-dealkylation sites (N-methyl/N-ethyl adjacent to an activating group) is 2. The molecule has 3 heteroatoms. The molecule has 2 unspecified atom stereocenters. The second kappa shape index (κ2) is 5.94. The summed E-state index contributed by atoms with van der Waals surface area (Å²) < 4.78 is 0. The van der Waals surface area contributed by atoms with Gasteiger partial charge in [-0.1, -0.05) is 13.8 Å². The van der Waals surface area contributed by atoms with Gasteiger partial charge in [0.1, 0.15) is 0 Å². The summed E-state index contributed by atoms with van der Waals surface area (Å²) in [5.41, 5.74) is 6.90. The Morgan fingerprint density at radius 2 is 1.55 bits per heavy atom. The molecule has 2 rings (SSSR count). The first-order valence-corrected chi connectivity index (χ1v) is 8.42. The number of nitrogens with two attached hydrogens (primary N) is 1. The van der Waals surface area contributed by atoms with Gasteiger partial charge in [-0.15, -0.1) is 0 Å². The molecule has 2 fully saturated rings. The Kier molecular flexibility index (Phi) is 4.83. The van der Waals surface area contributed by atoms with E-state index in [4.69, 9.17) is 5.73 Å². The topological polar surface area (TPSA) is 32.5 Å². The Morgan fingerprint density at radius 3 is 1.90 bits per heavy atom. The SMILES string of the molecule is CC1CC(C)CC(CN)(N(C)CC2(N(C)C)CCC2)C1. The van der Waals surface area contributed by atoms with Crippen LogP contribution in [0.4, 0.5) is 0 Å². The molecular weight excluding hydrogens is 246 g/mol. The summed E-state index contributed by atoms with van der Waals surface area (Å²) in [6, 6.07) is 0. The fourth-order valence-corrected chi connectivity index (χ4v) is 4.81. The van der Waals surface area contributed by atoms with Crippen molar-refractivity contribution < 1.29 is 0 Å². The largest absolute Gasteiger partial charge is 0.329 e. The van der Waals surface area contributed by atoms with Crippen LogP contribution in [0, 0.1) is 11.8 Å². The molecule has 2 aliphatic carbocycles. The normalized spacial score (nSPS) is 37.2. The third kappa shape index (κ3) is 2.90. The lowest BCUT2D eigenvalue weighted by molar-refractivity contribution is -0.0327. The second-order valence-electron chi connectivity index (χ2n) is 8.11. The number of hydrogen-bond acceptors (Lipinski definition) is 3. The Labute approximate surface area is 125 Å². The fraction of sp³-hybridized carbons (Fsp3) is 1.00. The molecule has 2 saturated carbocycles. The summed E-state index contributed by atoms with van der Waals surface area (Å²) in [6.45, 7) is 6.79. The fourth-order valence-electron chi connectivity index (χ4n) is 4.81. The van der Waals surface area contributed by atoms with E-state index in [1.165, 1.54) is 45.1 Å². The molecule has 118 valence electrons. The third-order valence-corrected chi connectivity index (χ3v) is 6.22. The van der Waals surface area contributed by atoms with Gasteiger partial charge in [-0.3, -0.25) is 4.90 Å². The highest BCUT2D eigenvalue weighted by molar-refractivity contribution is 5.03. The highest BCUT2D eigenvalue weighted by Crippen LogP contribution is 2.42. The van der Waals surface area contributed by atoms with Crippen LogP contribution < -0.4 is 5.73 Å². The van der Waals surface area contributed by atoms with Crippen molar-refractivity contribution in [3.8, 4) is 0 Å². The molecule has 2 atom stereocenters. The van der Waals surface area contributed by atoms with Crippen molar-refractivity contribution >= 4 is 0 Å². The molecule has 0 bridgehead atoms. The predicted molar refractivity (Wildman–Crippen MR) is 86.9 cm³/mol. The molecule has 2 N–H and O–H groups in total. The third-order valence-electron chi connectivity index (χ3n) is 6.22. The summed E-state index contributed by atoms with van der Waals surface area (Å²) in [5.74, 6) is 1.61. The maximum atomic E-state index is 6.26. The highest BCUT2D eigenvalue weighted by Gasteiger charge is 2.46. The predicted octanol–water partition coefficient (Wildman–Crippen LogP) is 2.56. The number of rotatable bonds is 5. The molecule has 0 saturated heterocycles. The van der Waals surface area contributed by atoms with Crippen molar-refractivity contribution in [2.24, 2.45) is 17.6 Å². The van der Waals surface area contributed by atoms with E-state index in [2.05, 4.69) is 44.8 Å². The van der Waals surface area contributed by atoms with Crippen molar-refractivity contribution in [3.05, 3.63) is 0 Å². The van der Waals surface area contributed by atoms with E-state index in [1.807, 2.05) is 0 Å². The van der Waals surface area contributed by atoms with E-state index in [9.17, 15) is 0 Å². The lowest BCUT2D eigenvalue weighted by Crippen LogP contribution is -2.64. The van der Waals surface area contributed by atoms with Crippen LogP contribution >= 0.6 is 0 Å². The maximum absolute atomic E-state index is 6.26. The van der Waals surface area contributed by atoms with Crippen molar-refractivity contribution in [3.63, 3.8) is 0 Å². The number of nitrogens with zero attached hydrogens (tertiary/aromatic N) is 2. The number of hydrogen-bond donors (Lipinski definition) is 1. The molecule has 0 aliphatic heterocycles. The quantitative estimate of drug-likeness (QED) is 0.840. The molecule has 3 nitrogen and oxygen atoms in total. The first kappa shape index (κ1) is 16.3. The van der Waals surface area contributed by atoms with E-state index in [0.29, 0.717) is 5.54 Å². The maximum Gasteiger partial charge on any atom is 0.0334 e. The van der Waals surface area contributed by atoms with Crippen molar-refractivity contribution in [1.29, 1.82) is 0 Å². The standard InChI is InChI=1S/C17H35N3/c1-14-9-15(2)11-17(10-14,12-18)20(5)13-16(19(3)4)7-6-8-16/h14-15H,6-13,18H2,1-5H3. The van der Waals surface area contributed by atoms with E-state index in [0.717, 1.165) is 18.4 Å². The van der Waals surface area contributed by atoms with Crippen molar-refractivity contribution in [1.82, 2.24) is 9.80 Å². The van der Waals surface area contributed by atoms with Crippen LogP contribution in [0.15, 0.2) is 0 Å². The second-order valence-corrected chi connectivity index (χ2v) is 8.11.